The van der Waals surface area contributed by atoms with E-state index in [-0.39, 0.29) is 5.41 Å². The first-order valence-electron chi connectivity index (χ1n) is 9.09. The molecule has 4 heteroatoms. The topological polar surface area (TPSA) is 18.5 Å². The lowest BCUT2D eigenvalue weighted by molar-refractivity contribution is 0.300. The minimum Gasteiger partial charge on any atom is -0.544 e. The van der Waals surface area contributed by atoms with E-state index in [1.807, 2.05) is 0 Å². The van der Waals surface area contributed by atoms with Gasteiger partial charge in [-0.3, -0.25) is 0 Å². The second-order valence-corrected chi connectivity index (χ2v) is 14.1. The van der Waals surface area contributed by atoms with E-state index in [1.165, 1.54) is 5.56 Å². The van der Waals surface area contributed by atoms with E-state index in [1.54, 1.807) is 0 Å². The molecule has 0 unspecified atom stereocenters. The van der Waals surface area contributed by atoms with Crippen molar-refractivity contribution in [2.24, 2.45) is 0 Å². The molecular formula is C22H31BrO2Si. The fourth-order valence-electron chi connectivity index (χ4n) is 2.90. The highest BCUT2D eigenvalue weighted by Gasteiger charge is 2.23. The van der Waals surface area contributed by atoms with E-state index >= 15 is 0 Å². The van der Waals surface area contributed by atoms with Gasteiger partial charge in [0.2, 0.25) is 8.32 Å². The summed E-state index contributed by atoms with van der Waals surface area (Å²) in [6.07, 6.45) is 0. The lowest BCUT2D eigenvalue weighted by Gasteiger charge is -2.26. The largest absolute Gasteiger partial charge is 0.544 e. The third kappa shape index (κ3) is 5.37. The maximum absolute atomic E-state index is 6.30. The molecule has 0 radical (unpaired) electrons. The number of benzene rings is 2. The van der Waals surface area contributed by atoms with Crippen LogP contribution in [0.1, 0.15) is 43.0 Å². The van der Waals surface area contributed by atoms with Crippen molar-refractivity contribution in [3.8, 4) is 11.5 Å². The molecule has 26 heavy (non-hydrogen) atoms. The summed E-state index contributed by atoms with van der Waals surface area (Å²) in [6.45, 7) is 18.0. The highest BCUT2D eigenvalue weighted by Crippen LogP contribution is 2.37. The highest BCUT2D eigenvalue weighted by atomic mass is 79.9. The quantitative estimate of drug-likeness (QED) is 0.464. The predicted molar refractivity (Wildman–Crippen MR) is 117 cm³/mol. The third-order valence-electron chi connectivity index (χ3n) is 4.13. The Hall–Kier alpha value is -1.26. The predicted octanol–water partition coefficient (Wildman–Crippen LogP) is 7.16. The highest BCUT2D eigenvalue weighted by molar-refractivity contribution is 9.10. The van der Waals surface area contributed by atoms with Gasteiger partial charge in [-0.1, -0.05) is 54.9 Å². The summed E-state index contributed by atoms with van der Waals surface area (Å²) in [7, 11) is -1.68. The Morgan fingerprint density at radius 2 is 1.58 bits per heavy atom. The average Bonchev–Trinajstić information content (AvgIpc) is 2.46. The standard InChI is InChI=1S/C22H31BrO2Si/c1-15-10-9-11-16(2)21(15)24-14-17-12-18(25-26(6,7)8)13-19(20(17)23)22(3,4)5/h9-13H,14H2,1-8H3. The van der Waals surface area contributed by atoms with E-state index < -0.39 is 8.32 Å². The summed E-state index contributed by atoms with van der Waals surface area (Å²) in [4.78, 5) is 0. The van der Waals surface area contributed by atoms with Crippen LogP contribution >= 0.6 is 15.9 Å². The summed E-state index contributed by atoms with van der Waals surface area (Å²) < 4.78 is 13.6. The molecule has 2 nitrogen and oxygen atoms in total. The fraction of sp³-hybridized carbons (Fsp3) is 0.455. The molecule has 0 amide bonds. The summed E-state index contributed by atoms with van der Waals surface area (Å²) in [5.41, 5.74) is 4.70. The Morgan fingerprint density at radius 1 is 1.00 bits per heavy atom. The van der Waals surface area contributed by atoms with Gasteiger partial charge in [0.15, 0.2) is 0 Å². The zero-order valence-corrected chi connectivity index (χ0v) is 19.9. The zero-order valence-electron chi connectivity index (χ0n) is 17.3. The van der Waals surface area contributed by atoms with Gasteiger partial charge in [0.05, 0.1) is 0 Å². The molecular weight excluding hydrogens is 404 g/mol. The maximum atomic E-state index is 6.30. The average molecular weight is 435 g/mol. The molecule has 0 heterocycles. The molecule has 0 atom stereocenters. The second-order valence-electron chi connectivity index (χ2n) is 8.92. The molecule has 0 N–H and O–H groups in total. The summed E-state index contributed by atoms with van der Waals surface area (Å²) >= 11 is 3.82. The van der Waals surface area contributed by atoms with Crippen LogP contribution in [0.15, 0.2) is 34.8 Å². The molecule has 2 rings (SSSR count). The SMILES string of the molecule is Cc1cccc(C)c1OCc1cc(O[Si](C)(C)C)cc(C(C)(C)C)c1Br. The molecule has 0 saturated heterocycles. The van der Waals surface area contributed by atoms with E-state index in [2.05, 4.69) is 101 Å². The molecule has 142 valence electrons. The van der Waals surface area contributed by atoms with Crippen molar-refractivity contribution < 1.29 is 9.16 Å². The number of hydrogen-bond acceptors (Lipinski definition) is 2. The molecule has 2 aromatic carbocycles. The molecule has 0 aliphatic heterocycles. The van der Waals surface area contributed by atoms with Gasteiger partial charge in [-0.15, -0.1) is 0 Å². The second kappa shape index (κ2) is 7.77. The van der Waals surface area contributed by atoms with Crippen LogP contribution in [0.3, 0.4) is 0 Å². The maximum Gasteiger partial charge on any atom is 0.242 e. The first kappa shape index (κ1) is 21.0. The number of para-hydroxylation sites is 1. The Balaban J connectivity index is 2.41. The molecule has 0 aromatic heterocycles. The van der Waals surface area contributed by atoms with Crippen molar-refractivity contribution in [2.45, 2.75) is 66.3 Å². The van der Waals surface area contributed by atoms with Gasteiger partial charge in [0.1, 0.15) is 18.1 Å². The number of halogens is 1. The van der Waals surface area contributed by atoms with Gasteiger partial charge in [-0.25, -0.2) is 0 Å². The van der Waals surface area contributed by atoms with Gasteiger partial charge in [-0.2, -0.15) is 0 Å². The van der Waals surface area contributed by atoms with Crippen LogP contribution in [0.2, 0.25) is 19.6 Å². The van der Waals surface area contributed by atoms with Crippen molar-refractivity contribution in [1.29, 1.82) is 0 Å². The number of rotatable bonds is 5. The van der Waals surface area contributed by atoms with Crippen molar-refractivity contribution in [1.82, 2.24) is 0 Å². The Kier molecular flexibility index (Phi) is 6.29. The first-order valence-corrected chi connectivity index (χ1v) is 13.3. The van der Waals surface area contributed by atoms with Crippen LogP contribution in [0.25, 0.3) is 0 Å². The minimum atomic E-state index is -1.68. The van der Waals surface area contributed by atoms with E-state index in [9.17, 15) is 0 Å². The lowest BCUT2D eigenvalue weighted by atomic mass is 9.86. The Morgan fingerprint density at radius 3 is 2.08 bits per heavy atom. The molecule has 0 saturated carbocycles. The van der Waals surface area contributed by atoms with Crippen molar-refractivity contribution in [2.75, 3.05) is 0 Å². The van der Waals surface area contributed by atoms with Gasteiger partial charge in [0.25, 0.3) is 0 Å². The molecule has 0 fully saturated rings. The monoisotopic (exact) mass is 434 g/mol. The summed E-state index contributed by atoms with van der Waals surface area (Å²) in [5.74, 6) is 1.91. The molecule has 0 bridgehead atoms. The minimum absolute atomic E-state index is 0.0188. The van der Waals surface area contributed by atoms with Gasteiger partial charge < -0.3 is 9.16 Å². The zero-order chi connectivity index (χ0) is 19.7. The van der Waals surface area contributed by atoms with E-state index in [4.69, 9.17) is 9.16 Å². The fourth-order valence-corrected chi connectivity index (χ4v) is 4.66. The third-order valence-corrected chi connectivity index (χ3v) is 5.92. The van der Waals surface area contributed by atoms with Gasteiger partial charge >= 0.3 is 0 Å². The normalized spacial score (nSPS) is 12.2. The van der Waals surface area contributed by atoms with Crippen molar-refractivity contribution >= 4 is 24.2 Å². The number of ether oxygens (including phenoxy) is 1. The first-order chi connectivity index (χ1) is 11.9. The van der Waals surface area contributed by atoms with Crippen molar-refractivity contribution in [3.63, 3.8) is 0 Å². The van der Waals surface area contributed by atoms with E-state index in [0.29, 0.717) is 6.61 Å². The Labute approximate surface area is 168 Å². The Bertz CT molecular complexity index is 766. The van der Waals surface area contributed by atoms with Crippen LogP contribution in [-0.2, 0) is 12.0 Å². The van der Waals surface area contributed by atoms with Crippen molar-refractivity contribution in [3.05, 3.63) is 57.1 Å². The molecule has 2 aromatic rings. The smallest absolute Gasteiger partial charge is 0.242 e. The molecule has 0 aliphatic carbocycles. The van der Waals surface area contributed by atoms with Gasteiger partial charge in [-0.05, 0) is 67.7 Å². The summed E-state index contributed by atoms with van der Waals surface area (Å²) in [5, 5.41) is 0. The van der Waals surface area contributed by atoms with Gasteiger partial charge in [0, 0.05) is 10.0 Å². The van der Waals surface area contributed by atoms with Crippen LogP contribution < -0.4 is 9.16 Å². The number of hydrogen-bond donors (Lipinski definition) is 0. The van der Waals surface area contributed by atoms with Crippen LogP contribution in [-0.4, -0.2) is 8.32 Å². The van der Waals surface area contributed by atoms with Crippen LogP contribution in [0.4, 0.5) is 0 Å². The summed E-state index contributed by atoms with van der Waals surface area (Å²) in [6, 6.07) is 10.5. The lowest BCUT2D eigenvalue weighted by Crippen LogP contribution is -2.29. The van der Waals surface area contributed by atoms with Crippen LogP contribution in [0.5, 0.6) is 11.5 Å². The number of aryl methyl sites for hydroxylation is 2. The van der Waals surface area contributed by atoms with Crippen LogP contribution in [0, 0.1) is 13.8 Å². The molecule has 0 aliphatic rings. The molecule has 0 spiro atoms. The van der Waals surface area contributed by atoms with E-state index in [0.717, 1.165) is 32.7 Å².